The van der Waals surface area contributed by atoms with Crippen LogP contribution in [-0.4, -0.2) is 179 Å². The molecule has 4 fully saturated rings. The van der Waals surface area contributed by atoms with E-state index in [1.165, 1.54) is 49.8 Å². The summed E-state index contributed by atoms with van der Waals surface area (Å²) < 4.78 is 202. The Morgan fingerprint density at radius 1 is 0.493 bits per heavy atom. The second-order valence-corrected chi connectivity index (χ2v) is 42.3. The van der Waals surface area contributed by atoms with E-state index in [1.54, 1.807) is 90.3 Å². The molecule has 0 radical (unpaired) electrons. The van der Waals surface area contributed by atoms with Gasteiger partial charge in [-0.3, -0.25) is 28.4 Å². The number of rotatable bonds is 15. The van der Waals surface area contributed by atoms with Crippen LogP contribution in [0, 0.1) is 12.7 Å². The molecule has 0 unspecified atom stereocenters. The number of fused-ring (bicyclic) bond motifs is 16. The van der Waals surface area contributed by atoms with Crippen LogP contribution in [-0.2, 0) is 66.2 Å². The van der Waals surface area contributed by atoms with Gasteiger partial charge in [-0.15, -0.1) is 0 Å². The standard InChI is InChI=1S/C27H27F3N2O4.C27H31N3O4S.C26H25F3N2O3.C26H27FN2O5S/c1-18(34-2)17-35-22-10-9-19(16-20(22)27(28,29)30)25(33)31-14-11-26(12-15-31)24-8-5-13-32(24)21-6-3-4-7-23(21)36-26;1-18-16-19(10-11-23(18)35(32,33)26(2,3)4)25(31)30-14-12-27(13-15-30)21-17-28-29(5)24(21)20-8-6-7-9-22(20)34-27;1-2-16-33-21-10-9-18(17-19(21)26(27,28)29)24(32)30-14-11-25(12-15-30)23-8-5-13-31(23)20-6-3-4-7-22(20)34-25;1-17(2)33-18-8-9-19(20(27)16-18)25(30)28-14-12-26(13-15-28)23-10-11-24(35(3,31)32)29(23)21-6-4-5-7-22(21)34-26/h3-10,13,16,18H,11-12,14-15,17H2,1-2H3;6-11,16-17H,12-15H2,1-5H3;3-10,13,17H,2,11-12,14-16H2,1H3;4-11,16-17H,12-15H2,1-3H3/t18-;;;/m1.../s1. The van der Waals surface area contributed by atoms with Gasteiger partial charge in [-0.05, 0) is 212 Å². The lowest BCUT2D eigenvalue weighted by atomic mass is 9.81. The number of nitrogens with zero attached hydrogens (tertiary/aromatic N) is 9. The predicted octanol–water partition coefficient (Wildman–Crippen LogP) is 20.1. The summed E-state index contributed by atoms with van der Waals surface area (Å²) in [5.74, 6) is 0.815. The van der Waals surface area contributed by atoms with Gasteiger partial charge in [0.25, 0.3) is 23.6 Å². The molecule has 140 heavy (non-hydrogen) atoms. The number of halogens is 7. The molecule has 0 saturated carbocycles. The van der Waals surface area contributed by atoms with Gasteiger partial charge in [0.1, 0.15) is 63.3 Å². The van der Waals surface area contributed by atoms with Crippen molar-refractivity contribution >= 4 is 43.3 Å². The van der Waals surface area contributed by atoms with Gasteiger partial charge < -0.3 is 66.6 Å². The van der Waals surface area contributed by atoms with Crippen LogP contribution in [0.5, 0.6) is 40.2 Å². The zero-order chi connectivity index (χ0) is 99.6. The van der Waals surface area contributed by atoms with Crippen molar-refractivity contribution in [2.45, 2.75) is 175 Å². The Hall–Kier alpha value is -13.3. The summed E-state index contributed by atoms with van der Waals surface area (Å²) in [4.78, 5) is 59.7. The molecule has 1 atom stereocenters. The molecule has 20 rings (SSSR count). The van der Waals surface area contributed by atoms with Crippen molar-refractivity contribution in [2.75, 3.05) is 78.9 Å². The van der Waals surface area contributed by atoms with Crippen LogP contribution in [0.4, 0.5) is 30.7 Å². The van der Waals surface area contributed by atoms with E-state index in [2.05, 4.69) is 14.2 Å². The summed E-state index contributed by atoms with van der Waals surface area (Å²) in [7, 11) is -3.58. The zero-order valence-electron chi connectivity index (χ0n) is 79.5. The van der Waals surface area contributed by atoms with Crippen LogP contribution in [0.15, 0.2) is 235 Å². The highest BCUT2D eigenvalue weighted by atomic mass is 32.2. The van der Waals surface area contributed by atoms with Crippen molar-refractivity contribution < 1.29 is 105 Å². The number of alkyl halides is 6. The number of methoxy groups -OCH3 is 1. The number of para-hydroxylation sites is 7. The molecule has 8 aliphatic rings. The fourth-order valence-electron chi connectivity index (χ4n) is 19.7. The van der Waals surface area contributed by atoms with Gasteiger partial charge in [-0.2, -0.15) is 31.4 Å². The van der Waals surface area contributed by atoms with E-state index >= 15 is 0 Å². The summed E-state index contributed by atoms with van der Waals surface area (Å²) in [5, 5.41) is 4.71. The molecule has 12 aromatic rings. The van der Waals surface area contributed by atoms with Crippen molar-refractivity contribution in [3.8, 4) is 68.6 Å². The number of carbonyl (C=O) groups excluding carboxylic acids is 4. The van der Waals surface area contributed by atoms with E-state index < -0.39 is 93.8 Å². The average Bonchev–Trinajstić information content (AvgIpc) is 1.52. The third-order valence-electron chi connectivity index (χ3n) is 27.2. The lowest BCUT2D eigenvalue weighted by Crippen LogP contribution is -2.50. The maximum atomic E-state index is 14.7. The van der Waals surface area contributed by atoms with Gasteiger partial charge in [0.2, 0.25) is 0 Å². The number of aromatic nitrogens is 5. The Morgan fingerprint density at radius 3 is 1.39 bits per heavy atom. The number of amides is 4. The quantitative estimate of drug-likeness (QED) is 0.0864. The highest BCUT2D eigenvalue weighted by Crippen LogP contribution is 2.53. The van der Waals surface area contributed by atoms with E-state index in [1.807, 2.05) is 177 Å². The van der Waals surface area contributed by atoms with E-state index in [-0.39, 0.29) is 69.4 Å². The molecule has 0 N–H and O–H groups in total. The molecule has 736 valence electrons. The monoisotopic (exact) mass is 1960 g/mol. The second kappa shape index (κ2) is 38.3. The first-order valence-electron chi connectivity index (χ1n) is 46.7. The van der Waals surface area contributed by atoms with Crippen molar-refractivity contribution in [1.82, 2.24) is 43.1 Å². The van der Waals surface area contributed by atoms with Crippen LogP contribution < -0.4 is 33.2 Å². The van der Waals surface area contributed by atoms with E-state index in [0.29, 0.717) is 138 Å². The van der Waals surface area contributed by atoms with Crippen molar-refractivity contribution in [1.29, 1.82) is 0 Å². The Bertz CT molecular complexity index is 6940. The number of carbonyl (C=O) groups is 4. The molecule has 0 aliphatic carbocycles. The molecule has 4 amide bonds. The van der Waals surface area contributed by atoms with Gasteiger partial charge >= 0.3 is 12.4 Å². The van der Waals surface area contributed by atoms with Gasteiger partial charge in [0.15, 0.2) is 36.5 Å². The van der Waals surface area contributed by atoms with Gasteiger partial charge in [-0.1, -0.05) is 55.5 Å². The predicted molar refractivity (Wildman–Crippen MR) is 510 cm³/mol. The van der Waals surface area contributed by atoms with Crippen LogP contribution in [0.25, 0.3) is 28.3 Å². The third kappa shape index (κ3) is 19.0. The van der Waals surface area contributed by atoms with Gasteiger partial charge in [0, 0.05) is 170 Å². The maximum Gasteiger partial charge on any atom is 0.419 e. The van der Waals surface area contributed by atoms with Gasteiger partial charge in [-0.25, -0.2) is 21.2 Å². The summed E-state index contributed by atoms with van der Waals surface area (Å²) in [5.41, 5.74) is 5.23. The summed E-state index contributed by atoms with van der Waals surface area (Å²) in [6.45, 7) is 17.4. The maximum absolute atomic E-state index is 14.7. The topological polar surface area (TPSA) is 256 Å². The fraction of sp³-hybridized carbons (Fsp3) is 0.368. The molecule has 8 aliphatic heterocycles. The number of benzene rings is 8. The van der Waals surface area contributed by atoms with E-state index in [9.17, 15) is 66.7 Å². The number of sulfone groups is 2. The smallest absolute Gasteiger partial charge is 0.419 e. The molecule has 8 aromatic carbocycles. The first-order valence-corrected chi connectivity index (χ1v) is 50.1. The van der Waals surface area contributed by atoms with Crippen LogP contribution >= 0.6 is 0 Å². The molecular formula is C106H110F7N9O16S2. The van der Waals surface area contributed by atoms with Crippen molar-refractivity contribution in [2.24, 2.45) is 7.05 Å². The Balaban J connectivity index is 0.000000129. The first kappa shape index (κ1) is 98.3. The third-order valence-corrected chi connectivity index (χ3v) is 30.9. The minimum absolute atomic E-state index is 0.00491. The molecule has 12 heterocycles. The number of aryl methyl sites for hydroxylation is 2. The Morgan fingerprint density at radius 2 is 0.929 bits per heavy atom. The molecule has 4 spiro atoms. The highest BCUT2D eigenvalue weighted by Gasteiger charge is 2.52. The number of hydrogen-bond acceptors (Lipinski definition) is 17. The molecule has 34 heteroatoms. The lowest BCUT2D eigenvalue weighted by Gasteiger charge is -2.45. The summed E-state index contributed by atoms with van der Waals surface area (Å²) >= 11 is 0. The van der Waals surface area contributed by atoms with E-state index in [4.69, 9.17) is 37.9 Å². The Kier molecular flexibility index (Phi) is 26.9. The SMILES string of the molecule is CC(C)Oc1ccc(C(=O)N2CCC3(CC2)Oc2ccccc2-n2c3ccc2S(C)(=O)=O)c(F)c1.CCCOc1ccc(C(=O)N2CCC3(CC2)Oc2ccccc2-n2cccc23)cc1C(F)(F)F.CO[C@H](C)COc1ccc(C(=O)N2CCC3(CC2)Oc2ccccc2-n2cccc23)cc1C(F)(F)F.Cc1cc(C(=O)N2CCC3(CC2)Oc2ccccc2-c2c3cnn2C)ccc1S(=O)(=O)C(C)(C)C. The molecular weight excluding hydrogens is 1850 g/mol. The Labute approximate surface area is 808 Å². The average molecular weight is 1960 g/mol. The van der Waals surface area contributed by atoms with Gasteiger partial charge in [0.05, 0.1) is 91.2 Å². The van der Waals surface area contributed by atoms with Crippen LogP contribution in [0.1, 0.15) is 187 Å². The normalized spacial score (nSPS) is 16.8. The van der Waals surface area contributed by atoms with Crippen LogP contribution in [0.2, 0.25) is 0 Å². The van der Waals surface area contributed by atoms with E-state index in [0.717, 1.165) is 74.7 Å². The summed E-state index contributed by atoms with van der Waals surface area (Å²) in [6.07, 6.45) is 2.23. The fourth-order valence-corrected chi connectivity index (χ4v) is 22.0. The molecule has 25 nitrogen and oxygen atoms in total. The lowest BCUT2D eigenvalue weighted by molar-refractivity contribution is -0.140. The summed E-state index contributed by atoms with van der Waals surface area (Å²) in [6, 6.07) is 58.5. The van der Waals surface area contributed by atoms with Crippen molar-refractivity contribution in [3.05, 3.63) is 292 Å². The second-order valence-electron chi connectivity index (χ2n) is 37.7. The zero-order valence-corrected chi connectivity index (χ0v) is 81.1. The van der Waals surface area contributed by atoms with Crippen LogP contribution in [0.3, 0.4) is 0 Å². The molecule has 4 saturated heterocycles. The minimum atomic E-state index is -4.66. The first-order chi connectivity index (χ1) is 66.6. The minimum Gasteiger partial charge on any atom is -0.493 e. The number of piperidine rings is 4. The van der Waals surface area contributed by atoms with Crippen molar-refractivity contribution in [3.63, 3.8) is 0 Å². The number of likely N-dealkylation sites (tertiary alicyclic amines) is 4. The largest absolute Gasteiger partial charge is 0.493 e. The number of hydrogen-bond donors (Lipinski definition) is 0. The number of ether oxygens (including phenoxy) is 8. The highest BCUT2D eigenvalue weighted by molar-refractivity contribution is 7.92. The molecule has 0 bridgehead atoms. The molecule has 4 aromatic heterocycles.